The fourth-order valence-electron chi connectivity index (χ4n) is 1.45. The fourth-order valence-corrected chi connectivity index (χ4v) is 2.12. The van der Waals surface area contributed by atoms with Crippen LogP contribution in [0.3, 0.4) is 0 Å². The molecule has 7 heteroatoms. The number of nitrogens with one attached hydrogen (secondary N) is 1. The van der Waals surface area contributed by atoms with Crippen LogP contribution in [0.25, 0.3) is 0 Å². The van der Waals surface area contributed by atoms with Gasteiger partial charge in [0, 0.05) is 4.47 Å². The standard InChI is InChI=1S/C11H9BrCl2N4/c1-6(7-3-2-4-8(12)5-7)15-10-9(13)17-18-11(14)16-10/h2-6H,1H3,(H,15,16,18). The predicted molar refractivity (Wildman–Crippen MR) is 76.0 cm³/mol. The monoisotopic (exact) mass is 346 g/mol. The Balaban J connectivity index is 2.21. The molecule has 0 saturated carbocycles. The Morgan fingerprint density at radius 3 is 2.78 bits per heavy atom. The Bertz CT molecular complexity index is 564. The Morgan fingerprint density at radius 2 is 2.06 bits per heavy atom. The molecule has 0 fully saturated rings. The summed E-state index contributed by atoms with van der Waals surface area (Å²) in [7, 11) is 0. The summed E-state index contributed by atoms with van der Waals surface area (Å²) in [5.74, 6) is 0.421. The predicted octanol–water partition coefficient (Wildman–Crippen LogP) is 4.11. The van der Waals surface area contributed by atoms with Gasteiger partial charge in [0.25, 0.3) is 0 Å². The van der Waals surface area contributed by atoms with Crippen molar-refractivity contribution < 1.29 is 0 Å². The van der Waals surface area contributed by atoms with Gasteiger partial charge in [-0.05, 0) is 36.2 Å². The summed E-state index contributed by atoms with van der Waals surface area (Å²) in [5, 5.41) is 10.6. The van der Waals surface area contributed by atoms with Crippen LogP contribution in [-0.2, 0) is 0 Å². The molecule has 0 amide bonds. The Kier molecular flexibility index (Phi) is 4.37. The number of hydrogen-bond donors (Lipinski definition) is 1. The molecule has 0 aliphatic carbocycles. The van der Waals surface area contributed by atoms with Gasteiger partial charge in [0.05, 0.1) is 6.04 Å². The zero-order valence-corrected chi connectivity index (χ0v) is 12.5. The van der Waals surface area contributed by atoms with E-state index < -0.39 is 0 Å². The molecule has 4 nitrogen and oxygen atoms in total. The van der Waals surface area contributed by atoms with Gasteiger partial charge in [0.1, 0.15) is 0 Å². The van der Waals surface area contributed by atoms with Crippen molar-refractivity contribution in [1.29, 1.82) is 0 Å². The van der Waals surface area contributed by atoms with Crippen molar-refractivity contribution in [2.75, 3.05) is 5.32 Å². The summed E-state index contributed by atoms with van der Waals surface area (Å²) in [6.07, 6.45) is 0. The second-order valence-corrected chi connectivity index (χ2v) is 5.25. The molecule has 1 N–H and O–H groups in total. The van der Waals surface area contributed by atoms with Crippen molar-refractivity contribution in [2.24, 2.45) is 0 Å². The van der Waals surface area contributed by atoms with Crippen molar-refractivity contribution >= 4 is 44.9 Å². The van der Waals surface area contributed by atoms with Gasteiger partial charge in [0.2, 0.25) is 5.28 Å². The molecule has 1 aromatic carbocycles. The lowest BCUT2D eigenvalue weighted by Gasteiger charge is -2.15. The maximum absolute atomic E-state index is 5.89. The van der Waals surface area contributed by atoms with Gasteiger partial charge in [-0.1, -0.05) is 39.7 Å². The zero-order chi connectivity index (χ0) is 13.1. The van der Waals surface area contributed by atoms with Crippen LogP contribution < -0.4 is 5.32 Å². The summed E-state index contributed by atoms with van der Waals surface area (Å²) >= 11 is 15.0. The number of rotatable bonds is 3. The highest BCUT2D eigenvalue weighted by molar-refractivity contribution is 9.10. The van der Waals surface area contributed by atoms with Crippen LogP contribution >= 0.6 is 39.1 Å². The lowest BCUT2D eigenvalue weighted by atomic mass is 10.1. The highest BCUT2D eigenvalue weighted by Gasteiger charge is 2.11. The van der Waals surface area contributed by atoms with E-state index in [-0.39, 0.29) is 16.5 Å². The molecule has 2 rings (SSSR count). The van der Waals surface area contributed by atoms with Crippen LogP contribution in [0, 0.1) is 0 Å². The van der Waals surface area contributed by atoms with E-state index >= 15 is 0 Å². The van der Waals surface area contributed by atoms with Crippen molar-refractivity contribution in [3.8, 4) is 0 Å². The van der Waals surface area contributed by atoms with Gasteiger partial charge in [-0.3, -0.25) is 0 Å². The third kappa shape index (κ3) is 3.31. The first-order chi connectivity index (χ1) is 8.56. The van der Waals surface area contributed by atoms with Gasteiger partial charge < -0.3 is 5.32 Å². The molecule has 0 aliphatic rings. The van der Waals surface area contributed by atoms with Crippen molar-refractivity contribution in [1.82, 2.24) is 15.2 Å². The largest absolute Gasteiger partial charge is 0.361 e. The second kappa shape index (κ2) is 5.82. The Labute approximate surface area is 123 Å². The lowest BCUT2D eigenvalue weighted by molar-refractivity contribution is 0.858. The first kappa shape index (κ1) is 13.5. The van der Waals surface area contributed by atoms with E-state index in [0.717, 1.165) is 10.0 Å². The molecule has 1 aromatic heterocycles. The van der Waals surface area contributed by atoms with Gasteiger partial charge in [0.15, 0.2) is 11.0 Å². The lowest BCUT2D eigenvalue weighted by Crippen LogP contribution is -2.09. The number of benzene rings is 1. The quantitative estimate of drug-likeness (QED) is 0.907. The first-order valence-electron chi connectivity index (χ1n) is 5.14. The number of nitrogens with zero attached hydrogens (tertiary/aromatic N) is 3. The molecule has 2 aromatic rings. The van der Waals surface area contributed by atoms with Crippen LogP contribution in [0.4, 0.5) is 5.82 Å². The van der Waals surface area contributed by atoms with Crippen LogP contribution in [0.15, 0.2) is 28.7 Å². The summed E-state index contributed by atoms with van der Waals surface area (Å²) in [5.41, 5.74) is 1.09. The molecule has 18 heavy (non-hydrogen) atoms. The highest BCUT2D eigenvalue weighted by atomic mass is 79.9. The van der Waals surface area contributed by atoms with Gasteiger partial charge in [-0.2, -0.15) is 4.98 Å². The molecule has 1 unspecified atom stereocenters. The number of hydrogen-bond acceptors (Lipinski definition) is 4. The molecule has 0 radical (unpaired) electrons. The van der Waals surface area contributed by atoms with Crippen molar-refractivity contribution in [2.45, 2.75) is 13.0 Å². The minimum atomic E-state index is 0.0211. The summed E-state index contributed by atoms with van der Waals surface area (Å²) in [6.45, 7) is 1.99. The van der Waals surface area contributed by atoms with E-state index in [4.69, 9.17) is 23.2 Å². The average molecular weight is 348 g/mol. The Hall–Kier alpha value is -0.910. The molecule has 1 heterocycles. The smallest absolute Gasteiger partial charge is 0.245 e. The van der Waals surface area contributed by atoms with E-state index in [0.29, 0.717) is 5.82 Å². The third-order valence-corrected chi connectivity index (χ3v) is 3.23. The molecule has 0 spiro atoms. The normalized spacial score (nSPS) is 12.2. The Morgan fingerprint density at radius 1 is 1.28 bits per heavy atom. The number of anilines is 1. The van der Waals surface area contributed by atoms with E-state index in [1.54, 1.807) is 0 Å². The third-order valence-electron chi connectivity index (χ3n) is 2.32. The topological polar surface area (TPSA) is 50.7 Å². The minimum absolute atomic E-state index is 0.0211. The maximum atomic E-state index is 5.89. The minimum Gasteiger partial charge on any atom is -0.361 e. The SMILES string of the molecule is CC(Nc1nc(Cl)nnc1Cl)c1cccc(Br)c1. The van der Waals surface area contributed by atoms with Crippen molar-refractivity contribution in [3.05, 3.63) is 44.7 Å². The molecular formula is C11H9BrCl2N4. The number of aromatic nitrogens is 3. The van der Waals surface area contributed by atoms with E-state index in [2.05, 4.69) is 36.4 Å². The van der Waals surface area contributed by atoms with Gasteiger partial charge >= 0.3 is 0 Å². The summed E-state index contributed by atoms with van der Waals surface area (Å²) in [6, 6.07) is 7.97. The maximum Gasteiger partial charge on any atom is 0.245 e. The van der Waals surface area contributed by atoms with Crippen LogP contribution in [0.2, 0.25) is 10.4 Å². The van der Waals surface area contributed by atoms with Crippen LogP contribution in [-0.4, -0.2) is 15.2 Å². The van der Waals surface area contributed by atoms with Gasteiger partial charge in [-0.15, -0.1) is 10.2 Å². The zero-order valence-electron chi connectivity index (χ0n) is 9.36. The molecule has 1 atom stereocenters. The van der Waals surface area contributed by atoms with Crippen LogP contribution in [0.5, 0.6) is 0 Å². The van der Waals surface area contributed by atoms with Gasteiger partial charge in [-0.25, -0.2) is 0 Å². The van der Waals surface area contributed by atoms with Crippen molar-refractivity contribution in [3.63, 3.8) is 0 Å². The first-order valence-corrected chi connectivity index (χ1v) is 6.69. The average Bonchev–Trinajstić information content (AvgIpc) is 2.34. The van der Waals surface area contributed by atoms with E-state index in [1.807, 2.05) is 31.2 Å². The van der Waals surface area contributed by atoms with E-state index in [1.165, 1.54) is 0 Å². The fraction of sp³-hybridized carbons (Fsp3) is 0.182. The summed E-state index contributed by atoms with van der Waals surface area (Å²) in [4.78, 5) is 4.00. The highest BCUT2D eigenvalue weighted by Crippen LogP contribution is 2.24. The molecular weight excluding hydrogens is 339 g/mol. The molecule has 0 bridgehead atoms. The molecule has 0 aliphatic heterocycles. The molecule has 0 saturated heterocycles. The number of halogens is 3. The second-order valence-electron chi connectivity index (χ2n) is 3.64. The van der Waals surface area contributed by atoms with E-state index in [9.17, 15) is 0 Å². The molecule has 94 valence electrons. The summed E-state index contributed by atoms with van der Waals surface area (Å²) < 4.78 is 1.01. The van der Waals surface area contributed by atoms with Crippen LogP contribution in [0.1, 0.15) is 18.5 Å².